The van der Waals surface area contributed by atoms with Crippen molar-refractivity contribution in [1.82, 2.24) is 55.9 Å². The van der Waals surface area contributed by atoms with Crippen LogP contribution in [-0.4, -0.2) is 236 Å². The number of unbranched alkanes of at least 4 members (excludes halogenated alkanes) is 3. The summed E-state index contributed by atoms with van der Waals surface area (Å²) in [4.78, 5) is 123. The monoisotopic (exact) mass is 1430 g/mol. The summed E-state index contributed by atoms with van der Waals surface area (Å²) in [6.45, 7) is 4.90. The van der Waals surface area contributed by atoms with Gasteiger partial charge in [0, 0.05) is 55.1 Å². The second kappa shape index (κ2) is 35.9. The zero-order valence-electron chi connectivity index (χ0n) is 54.5. The van der Waals surface area contributed by atoms with E-state index >= 15 is 0 Å². The van der Waals surface area contributed by atoms with Crippen LogP contribution in [0.15, 0.2) is 72.9 Å². The number of rotatable bonds is 23. The Kier molecular flexibility index (Phi) is 28.1. The van der Waals surface area contributed by atoms with Gasteiger partial charge >= 0.3 is 29.6 Å². The maximum atomic E-state index is 14.7. The van der Waals surface area contributed by atoms with Gasteiger partial charge in [0.15, 0.2) is 11.5 Å². The van der Waals surface area contributed by atoms with Crippen molar-refractivity contribution in [2.45, 2.75) is 157 Å². The summed E-state index contributed by atoms with van der Waals surface area (Å²) in [6.07, 6.45) is -6.10. The van der Waals surface area contributed by atoms with E-state index in [1.165, 1.54) is 82.1 Å². The average molecular weight is 1430 g/mol. The minimum atomic E-state index is -2.54. The number of fused-ring (bicyclic) bond motifs is 3. The van der Waals surface area contributed by atoms with Crippen molar-refractivity contribution in [2.24, 2.45) is 11.7 Å². The van der Waals surface area contributed by atoms with Gasteiger partial charge in [0.1, 0.15) is 59.2 Å². The van der Waals surface area contributed by atoms with Gasteiger partial charge in [-0.15, -0.1) is 4.33 Å². The van der Waals surface area contributed by atoms with Crippen LogP contribution < -0.4 is 76.1 Å². The maximum Gasteiger partial charge on any atom is 1.00 e. The van der Waals surface area contributed by atoms with E-state index in [1.807, 2.05) is 24.3 Å². The molecular weight excluding hydrogens is 1350 g/mol. The number of primary amides is 1. The van der Waals surface area contributed by atoms with Crippen molar-refractivity contribution in [3.63, 3.8) is 0 Å². The molecule has 13 unspecified atom stereocenters. The van der Waals surface area contributed by atoms with Gasteiger partial charge in [0.25, 0.3) is 18.2 Å². The van der Waals surface area contributed by atoms with E-state index in [4.69, 9.17) is 24.7 Å². The molecule has 4 aliphatic heterocycles. The predicted octanol–water partition coefficient (Wildman–Crippen LogP) is -5.26. The predicted molar refractivity (Wildman–Crippen MR) is 344 cm³/mol. The zero-order chi connectivity index (χ0) is 70.5. The molecule has 0 spiro atoms. The van der Waals surface area contributed by atoms with Crippen molar-refractivity contribution in [2.75, 3.05) is 45.9 Å². The molecular formula is C63H81N12NaO21S2. The summed E-state index contributed by atoms with van der Waals surface area (Å²) in [7, 11) is 0. The van der Waals surface area contributed by atoms with Crippen LogP contribution in [0.25, 0.3) is 26.8 Å². The number of hydrogen-bond acceptors (Lipinski definition) is 26. The fourth-order valence-corrected chi connectivity index (χ4v) is 13.4. The molecule has 4 fully saturated rings. The number of carbonyl (C=O) groups is 8. The molecule has 532 valence electrons. The summed E-state index contributed by atoms with van der Waals surface area (Å²) < 4.78 is 16.7. The molecule has 6 heterocycles. The number of β-amino-alcohol motifs (C(OH)–C–C–N with tert-alkyl or cyclic N) is 1. The van der Waals surface area contributed by atoms with E-state index < -0.39 is 183 Å². The number of amides is 8. The van der Waals surface area contributed by atoms with E-state index in [9.17, 15) is 84.5 Å². The molecule has 2 aromatic heterocycles. The Balaban J connectivity index is 0.0000125. The molecule has 0 saturated carbocycles. The molecule has 99 heavy (non-hydrogen) atoms. The Bertz CT molecular complexity index is 3580. The smallest absolute Gasteiger partial charge is 0.691 e. The fraction of sp³-hybridized carbons (Fsp3) is 0.524. The van der Waals surface area contributed by atoms with E-state index in [1.54, 1.807) is 22.8 Å². The van der Waals surface area contributed by atoms with Crippen LogP contribution in [0.4, 0.5) is 0 Å². The van der Waals surface area contributed by atoms with Crippen LogP contribution in [0.2, 0.25) is 0 Å². The molecule has 0 bridgehead atoms. The van der Waals surface area contributed by atoms with E-state index in [0.29, 0.717) is 27.8 Å². The van der Waals surface area contributed by atoms with Gasteiger partial charge in [-0.2, -0.15) is 5.10 Å². The molecule has 15 N–H and O–H groups in total. The number of aliphatic hydroxyl groups excluding tert-OH is 7. The molecule has 8 amide bonds. The number of nitrogens with one attached hydrogen (secondary N) is 5. The van der Waals surface area contributed by atoms with Crippen molar-refractivity contribution in [3.05, 3.63) is 84.1 Å². The fourth-order valence-electron chi connectivity index (χ4n) is 12.3. The minimum absolute atomic E-state index is 0. The number of phenolic OH excluding ortho intramolecular Hbond substituents is 1. The van der Waals surface area contributed by atoms with Gasteiger partial charge in [0.2, 0.25) is 46.3 Å². The summed E-state index contributed by atoms with van der Waals surface area (Å²) in [5.74, 6) is -11.2. The number of ether oxygens (including phenoxy) is 1. The summed E-state index contributed by atoms with van der Waals surface area (Å²) in [5.41, 5.74) is 6.97. The third-order valence-corrected chi connectivity index (χ3v) is 18.9. The number of aromatic hydroxyl groups is 1. The number of imidazole rings is 1. The summed E-state index contributed by atoms with van der Waals surface area (Å²) in [6, 6.07) is 4.30. The van der Waals surface area contributed by atoms with Crippen LogP contribution in [0.1, 0.15) is 100 Å². The Morgan fingerprint density at radius 2 is 1.47 bits per heavy atom. The molecule has 4 saturated heterocycles. The first-order valence-electron chi connectivity index (χ1n) is 32.1. The van der Waals surface area contributed by atoms with Gasteiger partial charge < -0.3 is 102 Å². The van der Waals surface area contributed by atoms with Crippen LogP contribution in [0, 0.1) is 5.92 Å². The Labute approximate surface area is 598 Å². The van der Waals surface area contributed by atoms with Crippen LogP contribution in [0.3, 0.4) is 0 Å². The van der Waals surface area contributed by atoms with Crippen LogP contribution >= 0.6 is 23.7 Å². The molecule has 14 atom stereocenters. The second-order valence-electron chi connectivity index (χ2n) is 24.9. The maximum absolute atomic E-state index is 14.7. The van der Waals surface area contributed by atoms with Gasteiger partial charge in [-0.05, 0) is 106 Å². The quantitative estimate of drug-likeness (QED) is 0.00955. The molecule has 3 aromatic carbocycles. The molecule has 4 aliphatic rings. The molecule has 5 aromatic rings. The normalized spacial score (nSPS) is 25.2. The number of benzene rings is 3. The first-order chi connectivity index (χ1) is 46.9. The Morgan fingerprint density at radius 3 is 2.16 bits per heavy atom. The third kappa shape index (κ3) is 19.9. The van der Waals surface area contributed by atoms with E-state index in [2.05, 4.69) is 40.9 Å². The SMILES string of the molecule is CC(O)C1NC(=O)[C@@H](NC(=O)c2ccc(-c3cn4nc(-c5ccc(OCCCCCCN6CCCCC6)cc5)sc4n3)cc2)CC(O)CNC(=O)C2C(O)C(C)CN2C(=O)C(C(O)CC(N)=O)NC(=O)C(C(O)C(O)c2ccc(O)c(OSOO[O-])c2)NC(=O)C2CC(O)CN2C1=O.[Na+]. The topological polar surface area (TPSA) is 484 Å². The van der Waals surface area contributed by atoms with Gasteiger partial charge in [-0.1, -0.05) is 55.7 Å². The first kappa shape index (κ1) is 77.6. The first-order valence-corrected chi connectivity index (χ1v) is 33.6. The van der Waals surface area contributed by atoms with Crippen molar-refractivity contribution < 1.29 is 132 Å². The summed E-state index contributed by atoms with van der Waals surface area (Å²) >= 11 is 1.27. The second-order valence-corrected chi connectivity index (χ2v) is 26.3. The van der Waals surface area contributed by atoms with Crippen molar-refractivity contribution in [1.29, 1.82) is 0 Å². The molecule has 9 rings (SSSR count). The number of aromatic nitrogens is 3. The van der Waals surface area contributed by atoms with Gasteiger partial charge in [-0.3, -0.25) is 43.4 Å². The molecule has 0 aliphatic carbocycles. The summed E-state index contributed by atoms with van der Waals surface area (Å²) in [5, 5.41) is 121. The van der Waals surface area contributed by atoms with Gasteiger partial charge in [0.05, 0.1) is 55.4 Å². The molecule has 0 radical (unpaired) electrons. The van der Waals surface area contributed by atoms with Crippen LogP contribution in [0.5, 0.6) is 17.2 Å². The number of aliphatic hydroxyl groups is 7. The van der Waals surface area contributed by atoms with E-state index in [0.717, 1.165) is 59.1 Å². The minimum Gasteiger partial charge on any atom is -0.691 e. The van der Waals surface area contributed by atoms with E-state index in [-0.39, 0.29) is 53.0 Å². The number of likely N-dealkylation sites (tertiary alicyclic amines) is 1. The number of hydrogen-bond donors (Lipinski definition) is 14. The zero-order valence-corrected chi connectivity index (χ0v) is 58.1. The number of piperidine rings is 1. The van der Waals surface area contributed by atoms with Crippen LogP contribution in [-0.2, 0) is 42.9 Å². The van der Waals surface area contributed by atoms with Crippen molar-refractivity contribution in [3.8, 4) is 39.1 Å². The molecule has 33 nitrogen and oxygen atoms in total. The number of nitrogens with two attached hydrogens (primary N) is 1. The number of nitrogens with zero attached hydrogens (tertiary/aromatic N) is 6. The van der Waals surface area contributed by atoms with Gasteiger partial charge in [-0.25, -0.2) is 9.50 Å². The molecule has 36 heteroatoms. The Hall–Kier alpha value is -7.17. The standard InChI is InChI=1S/C63H82N12O21S2.Na/c1-32-29-74-51(52(32)82)59(89)65-28-38(77)25-41(66-55(85)35-12-10-34(11-13-35)42-31-75-63(67-42)97-60(71-75)36-14-17-40(18-15-36)93-23-9-4-3-6-20-72-21-7-5-8-22-72)56(86)68-48(33(2)76)61(90)73-30-39(78)26-43(73)57(87)70-50(58(88)69-49(62(74)91)45(80)27-47(64)81)54(84)53(83)37-16-19-44(79)46(24-37)94-98-96-95-92;/h10-19,24,31-33,38-39,41,43,45,48-54,76-80,82-84,92H,3-9,20-23,25-30H2,1-2H3,(H2,64,81)(H,65,89)(H,66,85)(H,68,86)(H,69,88)(H,70,87);/q;+1/p-1/t32?,33?,38?,39?,41-,43?,45?,48?,49?,50?,51?,52?,53?,54?;/m0./s1. The number of phenols is 1. The van der Waals surface area contributed by atoms with Crippen molar-refractivity contribution >= 4 is 75.9 Å². The Morgan fingerprint density at radius 1 is 0.798 bits per heavy atom. The largest absolute Gasteiger partial charge is 1.00 e. The number of carbonyl (C=O) groups excluding carboxylic acids is 8. The average Bonchev–Trinajstić information content (AvgIpc) is 1.68. The third-order valence-electron chi connectivity index (χ3n) is 17.6.